The van der Waals surface area contributed by atoms with Crippen LogP contribution in [0.5, 0.6) is 11.5 Å². The Morgan fingerprint density at radius 2 is 1.68 bits per heavy atom. The maximum Gasteiger partial charge on any atom is 0.165 e. The monoisotopic (exact) mass is 363 g/mol. The number of ether oxygens (including phenoxy) is 2. The predicted molar refractivity (Wildman–Crippen MR) is 93.6 cm³/mol. The molecule has 0 saturated heterocycles. The molecule has 0 radical (unpaired) electrons. The van der Waals surface area contributed by atoms with Crippen molar-refractivity contribution in [2.45, 2.75) is 25.9 Å². The van der Waals surface area contributed by atoms with E-state index in [1.165, 1.54) is 5.56 Å². The predicted octanol–water partition coefficient (Wildman–Crippen LogP) is 4.49. The molecule has 0 atom stereocenters. The van der Waals surface area contributed by atoms with Crippen molar-refractivity contribution in [1.82, 2.24) is 5.32 Å². The molecule has 3 nitrogen and oxygen atoms in total. The van der Waals surface area contributed by atoms with Crippen molar-refractivity contribution in [3.05, 3.63) is 58.1 Å². The zero-order chi connectivity index (χ0) is 16.2. The van der Waals surface area contributed by atoms with Crippen LogP contribution in [0.4, 0.5) is 0 Å². The van der Waals surface area contributed by atoms with E-state index in [0.717, 1.165) is 21.5 Å². The van der Waals surface area contributed by atoms with Gasteiger partial charge < -0.3 is 14.8 Å². The molecule has 0 unspecified atom stereocenters. The van der Waals surface area contributed by atoms with Gasteiger partial charge in [0.05, 0.1) is 14.2 Å². The van der Waals surface area contributed by atoms with Gasteiger partial charge in [0, 0.05) is 22.1 Å². The molecule has 4 heteroatoms. The van der Waals surface area contributed by atoms with Gasteiger partial charge in [-0.3, -0.25) is 0 Å². The molecule has 0 heterocycles. The number of benzene rings is 2. The highest BCUT2D eigenvalue weighted by Crippen LogP contribution is 2.31. The third-order valence-corrected chi connectivity index (χ3v) is 4.30. The van der Waals surface area contributed by atoms with Crippen molar-refractivity contribution < 1.29 is 9.47 Å². The molecular weight excluding hydrogens is 342 g/mol. The largest absolute Gasteiger partial charge is 0.493 e. The lowest BCUT2D eigenvalue weighted by Gasteiger charge is -2.28. The lowest BCUT2D eigenvalue weighted by atomic mass is 9.94. The van der Waals surface area contributed by atoms with Crippen molar-refractivity contribution in [1.29, 1.82) is 0 Å². The lowest BCUT2D eigenvalue weighted by molar-refractivity contribution is 0.345. The van der Waals surface area contributed by atoms with Gasteiger partial charge >= 0.3 is 0 Å². The van der Waals surface area contributed by atoms with E-state index in [0.29, 0.717) is 6.54 Å². The lowest BCUT2D eigenvalue weighted by Crippen LogP contribution is -2.36. The van der Waals surface area contributed by atoms with Gasteiger partial charge in [0.25, 0.3) is 0 Å². The second kappa shape index (κ2) is 7.16. The van der Waals surface area contributed by atoms with Gasteiger partial charge in [-0.15, -0.1) is 0 Å². The summed E-state index contributed by atoms with van der Waals surface area (Å²) in [7, 11) is 3.32. The Morgan fingerprint density at radius 3 is 2.27 bits per heavy atom. The van der Waals surface area contributed by atoms with Gasteiger partial charge in [0.15, 0.2) is 11.5 Å². The summed E-state index contributed by atoms with van der Waals surface area (Å²) in [4.78, 5) is 0. The highest BCUT2D eigenvalue weighted by Gasteiger charge is 2.20. The first-order valence-corrected chi connectivity index (χ1v) is 7.98. The first-order chi connectivity index (χ1) is 10.5. The molecule has 0 aromatic heterocycles. The maximum absolute atomic E-state index is 5.48. The minimum atomic E-state index is -0.144. The number of methoxy groups -OCH3 is 2. The van der Waals surface area contributed by atoms with Crippen molar-refractivity contribution in [2.24, 2.45) is 0 Å². The van der Waals surface area contributed by atoms with Gasteiger partial charge in [0.2, 0.25) is 0 Å². The average molecular weight is 364 g/mol. The number of para-hydroxylation sites is 1. The molecule has 118 valence electrons. The topological polar surface area (TPSA) is 30.5 Å². The number of rotatable bonds is 6. The number of nitrogens with one attached hydrogen (secondary N) is 1. The Kier molecular flexibility index (Phi) is 5.48. The Balaban J connectivity index is 2.17. The van der Waals surface area contributed by atoms with Gasteiger partial charge in [-0.1, -0.05) is 40.2 Å². The molecule has 1 N–H and O–H groups in total. The first kappa shape index (κ1) is 16.8. The number of hydrogen-bond acceptors (Lipinski definition) is 3. The van der Waals surface area contributed by atoms with Crippen molar-refractivity contribution >= 4 is 15.9 Å². The quantitative estimate of drug-likeness (QED) is 0.819. The number of halogens is 1. The third kappa shape index (κ3) is 3.81. The molecule has 0 amide bonds. The molecule has 0 spiro atoms. The molecule has 0 aliphatic rings. The summed E-state index contributed by atoms with van der Waals surface area (Å²) in [6.45, 7) is 5.04. The van der Waals surface area contributed by atoms with Gasteiger partial charge in [-0.25, -0.2) is 0 Å². The fourth-order valence-corrected chi connectivity index (χ4v) is 2.64. The van der Waals surface area contributed by atoms with Crippen LogP contribution >= 0.6 is 15.9 Å². The van der Waals surface area contributed by atoms with Gasteiger partial charge in [-0.2, -0.15) is 0 Å². The van der Waals surface area contributed by atoms with Crippen LogP contribution in [-0.2, 0) is 12.1 Å². The van der Waals surface area contributed by atoms with E-state index < -0.39 is 0 Å². The molecule has 2 aromatic rings. The van der Waals surface area contributed by atoms with Crippen LogP contribution in [0.3, 0.4) is 0 Å². The Hall–Kier alpha value is -1.52. The third-order valence-electron chi connectivity index (χ3n) is 3.77. The van der Waals surface area contributed by atoms with Crippen LogP contribution in [0, 0.1) is 0 Å². The fourth-order valence-electron chi connectivity index (χ4n) is 2.38. The number of hydrogen-bond donors (Lipinski definition) is 1. The summed E-state index contributed by atoms with van der Waals surface area (Å²) in [5.74, 6) is 1.53. The molecule has 0 fully saturated rings. The van der Waals surface area contributed by atoms with Crippen molar-refractivity contribution in [3.63, 3.8) is 0 Å². The molecule has 0 aliphatic heterocycles. The summed E-state index contributed by atoms with van der Waals surface area (Å²) in [5, 5.41) is 3.59. The van der Waals surface area contributed by atoms with E-state index in [1.54, 1.807) is 14.2 Å². The van der Waals surface area contributed by atoms with Gasteiger partial charge in [0.1, 0.15) is 0 Å². The van der Waals surface area contributed by atoms with Crippen molar-refractivity contribution in [3.8, 4) is 11.5 Å². The highest BCUT2D eigenvalue weighted by atomic mass is 79.9. The van der Waals surface area contributed by atoms with E-state index in [1.807, 2.05) is 18.2 Å². The maximum atomic E-state index is 5.48. The van der Waals surface area contributed by atoms with Crippen molar-refractivity contribution in [2.75, 3.05) is 14.2 Å². The Labute approximate surface area is 140 Å². The van der Waals surface area contributed by atoms with Gasteiger partial charge in [-0.05, 0) is 37.6 Å². The Bertz CT molecular complexity index is 623. The van der Waals surface area contributed by atoms with Crippen LogP contribution in [0.1, 0.15) is 25.0 Å². The summed E-state index contributed by atoms with van der Waals surface area (Å²) < 4.78 is 11.9. The second-order valence-corrected chi connectivity index (χ2v) is 6.55. The van der Waals surface area contributed by atoms with E-state index in [-0.39, 0.29) is 5.54 Å². The molecule has 2 rings (SSSR count). The van der Waals surface area contributed by atoms with E-state index in [9.17, 15) is 0 Å². The van der Waals surface area contributed by atoms with Crippen LogP contribution < -0.4 is 14.8 Å². The SMILES string of the molecule is COc1cccc(CNC(C)(C)c2ccc(Br)cc2)c1OC. The molecule has 2 aromatic carbocycles. The van der Waals surface area contributed by atoms with E-state index >= 15 is 0 Å². The summed E-state index contributed by atoms with van der Waals surface area (Å²) >= 11 is 3.47. The normalized spacial score (nSPS) is 11.3. The Morgan fingerprint density at radius 1 is 1.00 bits per heavy atom. The molecule has 22 heavy (non-hydrogen) atoms. The summed E-state index contributed by atoms with van der Waals surface area (Å²) in [6.07, 6.45) is 0. The minimum Gasteiger partial charge on any atom is -0.493 e. The zero-order valence-corrected chi connectivity index (χ0v) is 15.0. The minimum absolute atomic E-state index is 0.144. The van der Waals surface area contributed by atoms with E-state index in [4.69, 9.17) is 9.47 Å². The zero-order valence-electron chi connectivity index (χ0n) is 13.4. The molecule has 0 saturated carbocycles. The molecule has 0 bridgehead atoms. The smallest absolute Gasteiger partial charge is 0.165 e. The van der Waals surface area contributed by atoms with Crippen LogP contribution in [0.25, 0.3) is 0 Å². The fraction of sp³-hybridized carbons (Fsp3) is 0.333. The standard InChI is InChI=1S/C18H22BrNO2/c1-18(2,14-8-10-15(19)11-9-14)20-12-13-6-5-7-16(21-3)17(13)22-4/h5-11,20H,12H2,1-4H3. The summed E-state index contributed by atoms with van der Waals surface area (Å²) in [5.41, 5.74) is 2.17. The van der Waals surface area contributed by atoms with E-state index in [2.05, 4.69) is 59.4 Å². The summed E-state index contributed by atoms with van der Waals surface area (Å²) in [6, 6.07) is 14.3. The van der Waals surface area contributed by atoms with Crippen LogP contribution in [0.15, 0.2) is 46.9 Å². The highest BCUT2D eigenvalue weighted by molar-refractivity contribution is 9.10. The second-order valence-electron chi connectivity index (χ2n) is 5.64. The van der Waals surface area contributed by atoms with Crippen LogP contribution in [0.2, 0.25) is 0 Å². The first-order valence-electron chi connectivity index (χ1n) is 7.19. The average Bonchev–Trinajstić information content (AvgIpc) is 2.52. The molecular formula is C18H22BrNO2. The van der Waals surface area contributed by atoms with Crippen LogP contribution in [-0.4, -0.2) is 14.2 Å². The molecule has 0 aliphatic carbocycles.